The molecule has 1 fully saturated rings. The summed E-state index contributed by atoms with van der Waals surface area (Å²) in [6.45, 7) is 10.8. The number of carbonyl (C=O) groups excluding carboxylic acids is 6. The molecule has 16 heteroatoms. The van der Waals surface area contributed by atoms with Crippen LogP contribution in [0.15, 0.2) is 54.6 Å². The van der Waals surface area contributed by atoms with E-state index in [1.165, 1.54) is 0 Å². The Morgan fingerprint density at radius 2 is 1.57 bits per heavy atom. The number of hydrogen-bond acceptors (Lipinski definition) is 13. The fourth-order valence-electron chi connectivity index (χ4n) is 6.72. The van der Waals surface area contributed by atoms with Gasteiger partial charge in [-0.25, -0.2) is 0 Å². The van der Waals surface area contributed by atoms with Gasteiger partial charge in [0.25, 0.3) is 11.8 Å². The van der Waals surface area contributed by atoms with E-state index in [-0.39, 0.29) is 32.5 Å². The largest absolute Gasteiger partial charge is 0.491 e. The minimum absolute atomic E-state index is 0.0275. The summed E-state index contributed by atoms with van der Waals surface area (Å²) in [5.41, 5.74) is 1.60. The van der Waals surface area contributed by atoms with Crippen molar-refractivity contribution in [3.8, 4) is 5.75 Å². The number of ketones is 1. The first-order valence-corrected chi connectivity index (χ1v) is 20.1. The van der Waals surface area contributed by atoms with Crippen LogP contribution < -0.4 is 15.4 Å². The molecule has 2 aromatic carbocycles. The minimum Gasteiger partial charge on any atom is -0.491 e. The fraction of sp³-hybridized carbons (Fsp3) is 0.545. The van der Waals surface area contributed by atoms with E-state index in [1.807, 2.05) is 0 Å². The van der Waals surface area contributed by atoms with Gasteiger partial charge in [0, 0.05) is 43.7 Å². The molecule has 2 aliphatic heterocycles. The predicted octanol–water partition coefficient (Wildman–Crippen LogP) is 2.43. The fourth-order valence-corrected chi connectivity index (χ4v) is 6.72. The normalized spacial score (nSPS) is 20.8. The number of Topliss-reactive ketones (excluding diaryl/α,β-unsaturated/α-hetero) is 1. The van der Waals surface area contributed by atoms with Crippen LogP contribution in [0.4, 0.5) is 5.69 Å². The molecule has 2 heterocycles. The van der Waals surface area contributed by atoms with E-state index >= 15 is 0 Å². The molecular formula is C44H59N3O13. The van der Waals surface area contributed by atoms with Gasteiger partial charge in [0.15, 0.2) is 5.78 Å². The van der Waals surface area contributed by atoms with E-state index in [4.69, 9.17) is 18.9 Å². The molecule has 4 rings (SSSR count). The van der Waals surface area contributed by atoms with E-state index in [9.17, 15) is 44.1 Å². The van der Waals surface area contributed by atoms with Gasteiger partial charge in [-0.2, -0.15) is 0 Å². The quantitative estimate of drug-likeness (QED) is 0.0735. The van der Waals surface area contributed by atoms with E-state index in [1.54, 1.807) is 91.1 Å². The van der Waals surface area contributed by atoms with Crippen LogP contribution in [0.1, 0.15) is 71.1 Å². The Labute approximate surface area is 350 Å². The average Bonchev–Trinajstić information content (AvgIpc) is 3.53. The summed E-state index contributed by atoms with van der Waals surface area (Å²) in [5, 5.41) is 36.1. The number of aliphatic hydroxyl groups is 3. The highest BCUT2D eigenvalue weighted by molar-refractivity contribution is 6.15. The van der Waals surface area contributed by atoms with Crippen molar-refractivity contribution >= 4 is 41.1 Å². The van der Waals surface area contributed by atoms with Gasteiger partial charge in [-0.1, -0.05) is 39.0 Å². The molecular weight excluding hydrogens is 778 g/mol. The Balaban J connectivity index is 1.45. The molecule has 1 saturated heterocycles. The number of benzene rings is 2. The molecule has 4 amide bonds. The topological polar surface area (TPSA) is 227 Å². The third-order valence-corrected chi connectivity index (χ3v) is 10.4. The van der Waals surface area contributed by atoms with Gasteiger partial charge >= 0.3 is 5.97 Å². The summed E-state index contributed by atoms with van der Waals surface area (Å²) in [4.78, 5) is 80.2. The number of aryl methyl sites for hydroxylation is 1. The van der Waals surface area contributed by atoms with Gasteiger partial charge < -0.3 is 44.9 Å². The van der Waals surface area contributed by atoms with E-state index in [0.29, 0.717) is 47.8 Å². The van der Waals surface area contributed by atoms with Crippen LogP contribution in [-0.4, -0.2) is 119 Å². The number of amides is 4. The SMILES string of the molecule is COCCOc1ccc(C[C@H](C(=O)N[C@@H](C(=O)C[C@H](C)C(=O)Nc2ccc(COC(=O)C(C)(C)C)c(CC[C@@H]3OC[C@@H](O)[C@H](O)[C@H]3O)c2)C(C)C)N2C(=O)C=CC2=O)cc1. The number of aliphatic hydroxyl groups excluding tert-OH is 3. The standard InChI is InChI=1S/C44H59N3O13/c1-25(2)38(46-42(55)32(47-36(50)16-17-37(47)51)21-27-8-13-31(14-9-27)58-19-18-57-7)33(48)20-26(3)41(54)45-30-12-10-29(23-60-43(56)44(4,5)6)28(22-30)11-15-35-40(53)39(52)34(49)24-59-35/h8-10,12-14,16-17,22,25-26,32,34-35,38-40,49,52-53H,11,15,18-21,23-24H2,1-7H3,(H,45,54)(H,46,55)/t26-,32+,34+,35-,38+,39-,40-/m0/s1. The zero-order valence-electron chi connectivity index (χ0n) is 35.3. The van der Waals surface area contributed by atoms with Gasteiger partial charge in [0.2, 0.25) is 11.8 Å². The lowest BCUT2D eigenvalue weighted by molar-refractivity contribution is -0.188. The molecule has 2 aromatic rings. The highest BCUT2D eigenvalue weighted by atomic mass is 16.5. The number of nitrogens with one attached hydrogen (secondary N) is 2. The second kappa shape index (κ2) is 21.5. The lowest BCUT2D eigenvalue weighted by Crippen LogP contribution is -2.55. The predicted molar refractivity (Wildman–Crippen MR) is 218 cm³/mol. The van der Waals surface area contributed by atoms with Crippen molar-refractivity contribution in [1.29, 1.82) is 0 Å². The Morgan fingerprint density at radius 3 is 2.18 bits per heavy atom. The molecule has 0 aliphatic carbocycles. The molecule has 0 unspecified atom stereocenters. The number of carbonyl (C=O) groups is 6. The van der Waals surface area contributed by atoms with Crippen molar-refractivity contribution in [2.24, 2.45) is 17.3 Å². The second-order valence-electron chi connectivity index (χ2n) is 16.6. The van der Waals surface area contributed by atoms with Gasteiger partial charge in [-0.3, -0.25) is 33.7 Å². The maximum atomic E-state index is 13.9. The van der Waals surface area contributed by atoms with Crippen LogP contribution in [0, 0.1) is 17.3 Å². The number of ether oxygens (including phenoxy) is 4. The van der Waals surface area contributed by atoms with E-state index in [2.05, 4.69) is 10.6 Å². The summed E-state index contributed by atoms with van der Waals surface area (Å²) >= 11 is 0. The smallest absolute Gasteiger partial charge is 0.311 e. The number of rotatable bonds is 20. The first-order valence-electron chi connectivity index (χ1n) is 20.1. The van der Waals surface area contributed by atoms with Crippen molar-refractivity contribution < 1.29 is 63.0 Å². The molecule has 2 aliphatic rings. The summed E-state index contributed by atoms with van der Waals surface area (Å²) in [6.07, 6.45) is -2.26. The van der Waals surface area contributed by atoms with Crippen molar-refractivity contribution in [2.45, 2.75) is 110 Å². The Morgan fingerprint density at radius 1 is 0.900 bits per heavy atom. The van der Waals surface area contributed by atoms with Crippen LogP contribution in [-0.2, 0) is 62.4 Å². The van der Waals surface area contributed by atoms with Gasteiger partial charge in [-0.05, 0) is 80.5 Å². The molecule has 0 aromatic heterocycles. The number of methoxy groups -OCH3 is 1. The summed E-state index contributed by atoms with van der Waals surface area (Å²) in [6, 6.07) is 9.56. The van der Waals surface area contributed by atoms with Gasteiger partial charge in [-0.15, -0.1) is 0 Å². The second-order valence-corrected chi connectivity index (χ2v) is 16.6. The molecule has 0 radical (unpaired) electrons. The van der Waals surface area contributed by atoms with Crippen molar-refractivity contribution in [2.75, 3.05) is 32.2 Å². The van der Waals surface area contributed by atoms with E-state index < -0.39 is 89.1 Å². The first-order chi connectivity index (χ1) is 28.3. The highest BCUT2D eigenvalue weighted by Crippen LogP contribution is 2.26. The molecule has 5 N–H and O–H groups in total. The lowest BCUT2D eigenvalue weighted by Gasteiger charge is -2.35. The van der Waals surface area contributed by atoms with Gasteiger partial charge in [0.1, 0.15) is 43.3 Å². The number of hydrogen-bond donors (Lipinski definition) is 5. The molecule has 328 valence electrons. The van der Waals surface area contributed by atoms with Crippen LogP contribution in [0.2, 0.25) is 0 Å². The van der Waals surface area contributed by atoms with Gasteiger partial charge in [0.05, 0.1) is 30.8 Å². The summed E-state index contributed by atoms with van der Waals surface area (Å²) in [7, 11) is 1.56. The molecule has 0 saturated carbocycles. The molecule has 0 bridgehead atoms. The minimum atomic E-state index is -1.37. The average molecular weight is 838 g/mol. The van der Waals surface area contributed by atoms with E-state index in [0.717, 1.165) is 17.1 Å². The van der Waals surface area contributed by atoms with Crippen LogP contribution in [0.3, 0.4) is 0 Å². The highest BCUT2D eigenvalue weighted by Gasteiger charge is 2.39. The van der Waals surface area contributed by atoms with Crippen molar-refractivity contribution in [3.63, 3.8) is 0 Å². The maximum absolute atomic E-state index is 13.9. The maximum Gasteiger partial charge on any atom is 0.311 e. The summed E-state index contributed by atoms with van der Waals surface area (Å²) in [5.74, 6) is -4.03. The lowest BCUT2D eigenvalue weighted by atomic mass is 9.92. The van der Waals surface area contributed by atoms with Crippen molar-refractivity contribution in [1.82, 2.24) is 10.2 Å². The molecule has 16 nitrogen and oxygen atoms in total. The molecule has 60 heavy (non-hydrogen) atoms. The zero-order valence-corrected chi connectivity index (χ0v) is 35.3. The third-order valence-electron chi connectivity index (χ3n) is 10.4. The number of esters is 1. The Kier molecular flexibility index (Phi) is 17.1. The Bertz CT molecular complexity index is 1850. The van der Waals surface area contributed by atoms with Crippen LogP contribution >= 0.6 is 0 Å². The number of nitrogens with zero attached hydrogens (tertiary/aromatic N) is 1. The monoisotopic (exact) mass is 837 g/mol. The number of imide groups is 1. The first kappa shape index (κ1) is 47.7. The van der Waals surface area contributed by atoms with Crippen LogP contribution in [0.25, 0.3) is 0 Å². The molecule has 7 atom stereocenters. The van der Waals surface area contributed by atoms with Crippen molar-refractivity contribution in [3.05, 3.63) is 71.3 Å². The third kappa shape index (κ3) is 13.0. The molecule has 0 spiro atoms. The zero-order chi connectivity index (χ0) is 44.3. The van der Waals surface area contributed by atoms with Crippen LogP contribution in [0.5, 0.6) is 5.75 Å². The number of anilines is 1. The summed E-state index contributed by atoms with van der Waals surface area (Å²) < 4.78 is 21.7. The Hall–Kier alpha value is -5.00.